The van der Waals surface area contributed by atoms with E-state index in [1.54, 1.807) is 10.6 Å². The Balaban J connectivity index is 0.000000325. The highest BCUT2D eigenvalue weighted by molar-refractivity contribution is 5.84. The van der Waals surface area contributed by atoms with Crippen molar-refractivity contribution >= 4 is 5.97 Å². The molecule has 1 unspecified atom stereocenters. The highest BCUT2D eigenvalue weighted by Crippen LogP contribution is 2.34. The number of rotatable bonds is 9. The molecule has 7 nitrogen and oxygen atoms in total. The molecule has 1 saturated carbocycles. The minimum absolute atomic E-state index is 0.0231. The van der Waals surface area contributed by atoms with Gasteiger partial charge in [-0.15, -0.1) is 0 Å². The maximum absolute atomic E-state index is 12.3. The zero-order valence-electron chi connectivity index (χ0n) is 20.6. The number of aromatic carboxylic acids is 1. The zero-order valence-corrected chi connectivity index (χ0v) is 20.6. The predicted octanol–water partition coefficient (Wildman–Crippen LogP) is 5.67. The Labute approximate surface area is 211 Å². The monoisotopic (exact) mass is 493 g/mol. The first-order valence-electron chi connectivity index (χ1n) is 12.9. The van der Waals surface area contributed by atoms with Crippen molar-refractivity contribution in [1.29, 1.82) is 0 Å². The Kier molecular flexibility index (Phi) is 9.39. The molecule has 36 heavy (non-hydrogen) atoms. The minimum atomic E-state index is -1.03. The Hall–Kier alpha value is -3.32. The fourth-order valence-electron chi connectivity index (χ4n) is 4.85. The molecule has 2 aliphatic rings. The Morgan fingerprint density at radius 2 is 1.86 bits per heavy atom. The van der Waals surface area contributed by atoms with E-state index in [0.29, 0.717) is 13.2 Å². The van der Waals surface area contributed by atoms with Crippen molar-refractivity contribution < 1.29 is 23.8 Å². The molecule has 192 valence electrons. The third kappa shape index (κ3) is 7.59. The van der Waals surface area contributed by atoms with Crippen LogP contribution in [0.4, 0.5) is 0 Å². The lowest BCUT2D eigenvalue weighted by molar-refractivity contribution is 0.0662. The van der Waals surface area contributed by atoms with Crippen molar-refractivity contribution in [2.24, 2.45) is 0 Å². The summed E-state index contributed by atoms with van der Waals surface area (Å²) in [5, 5.41) is 8.18. The number of benzene rings is 1. The van der Waals surface area contributed by atoms with Crippen LogP contribution in [0.3, 0.4) is 0 Å². The molecule has 3 heterocycles. The molecule has 1 aliphatic heterocycles. The second kappa shape index (κ2) is 13.1. The first kappa shape index (κ1) is 25.8. The van der Waals surface area contributed by atoms with E-state index in [2.05, 4.69) is 28.7 Å². The maximum atomic E-state index is 12.3. The number of carbonyl (C=O) groups is 1. The Morgan fingerprint density at radius 3 is 2.47 bits per heavy atom. The summed E-state index contributed by atoms with van der Waals surface area (Å²) < 4.78 is 17.8. The van der Waals surface area contributed by atoms with E-state index < -0.39 is 5.97 Å². The highest BCUT2D eigenvalue weighted by Gasteiger charge is 2.17. The number of nitrogens with zero attached hydrogens (tertiary/aromatic N) is 1. The van der Waals surface area contributed by atoms with Crippen molar-refractivity contribution in [3.05, 3.63) is 88.2 Å². The van der Waals surface area contributed by atoms with Gasteiger partial charge in [0, 0.05) is 25.4 Å². The molecule has 0 amide bonds. The van der Waals surface area contributed by atoms with E-state index in [0.717, 1.165) is 49.5 Å². The van der Waals surface area contributed by atoms with E-state index in [-0.39, 0.29) is 17.4 Å². The molecule has 1 atom stereocenters. The number of furan rings is 1. The normalized spacial score (nSPS) is 17.5. The van der Waals surface area contributed by atoms with Crippen molar-refractivity contribution in [2.75, 3.05) is 13.2 Å². The summed E-state index contributed by atoms with van der Waals surface area (Å²) in [5.41, 5.74) is 2.59. The summed E-state index contributed by atoms with van der Waals surface area (Å²) in [7, 11) is 0. The minimum Gasteiger partial charge on any atom is -0.494 e. The molecule has 0 spiro atoms. The first-order valence-corrected chi connectivity index (χ1v) is 12.9. The van der Waals surface area contributed by atoms with E-state index in [4.69, 9.17) is 14.6 Å². The van der Waals surface area contributed by atoms with Crippen LogP contribution in [0, 0.1) is 0 Å². The number of carboxylic acid groups (broad SMARTS) is 1. The fraction of sp³-hybridized carbons (Fsp3) is 0.448. The molecular formula is C29H35NO6. The predicted molar refractivity (Wildman–Crippen MR) is 137 cm³/mol. The largest absolute Gasteiger partial charge is 0.494 e. The third-order valence-electron chi connectivity index (χ3n) is 6.80. The molecule has 0 bridgehead atoms. The van der Waals surface area contributed by atoms with Gasteiger partial charge in [0.1, 0.15) is 5.75 Å². The number of hydrogen-bond acceptors (Lipinski definition) is 5. The summed E-state index contributed by atoms with van der Waals surface area (Å²) in [5.74, 6) is 0.602. The second-order valence-electron chi connectivity index (χ2n) is 9.44. The highest BCUT2D eigenvalue weighted by atomic mass is 16.5. The molecule has 1 aromatic carbocycles. The summed E-state index contributed by atoms with van der Waals surface area (Å²) in [4.78, 5) is 22.3. The summed E-state index contributed by atoms with van der Waals surface area (Å²) >= 11 is 0. The van der Waals surface area contributed by atoms with Gasteiger partial charge in [0.2, 0.25) is 5.76 Å². The SMILES string of the molecule is O=C(O)c1ccco1.O=c1cc(CC2CCCO2)ccn1CCCOc1ccc(C2CCCC2)cc1. The van der Waals surface area contributed by atoms with Gasteiger partial charge in [-0.05, 0) is 85.9 Å². The van der Waals surface area contributed by atoms with Crippen LogP contribution in [0.25, 0.3) is 0 Å². The standard InChI is InChI=1S/C24H31NO3.C5H4O3/c26-24-18-19(17-23-7-3-15-28-23)12-14-25(24)13-4-16-27-22-10-8-21(9-11-22)20-5-1-2-6-20;6-5(7)4-2-1-3-8-4/h8-12,14,18,20,23H,1-7,13,15-17H2;1-3H,(H,6,7). The third-order valence-corrected chi connectivity index (χ3v) is 6.80. The Morgan fingerprint density at radius 1 is 1.06 bits per heavy atom. The molecule has 0 radical (unpaired) electrons. The van der Waals surface area contributed by atoms with E-state index in [1.807, 2.05) is 12.3 Å². The lowest BCUT2D eigenvalue weighted by atomic mass is 9.98. The van der Waals surface area contributed by atoms with Crippen molar-refractivity contribution in [2.45, 2.75) is 69.9 Å². The van der Waals surface area contributed by atoms with Gasteiger partial charge in [-0.2, -0.15) is 0 Å². The van der Waals surface area contributed by atoms with Crippen LogP contribution in [-0.4, -0.2) is 35.0 Å². The van der Waals surface area contributed by atoms with Crippen molar-refractivity contribution in [3.63, 3.8) is 0 Å². The van der Waals surface area contributed by atoms with Crippen LogP contribution < -0.4 is 10.3 Å². The molecular weight excluding hydrogens is 458 g/mol. The number of hydrogen-bond donors (Lipinski definition) is 1. The average Bonchev–Trinajstić information content (AvgIpc) is 3.68. The molecule has 5 rings (SSSR count). The van der Waals surface area contributed by atoms with Crippen LogP contribution in [0.1, 0.15) is 72.5 Å². The van der Waals surface area contributed by atoms with Crippen molar-refractivity contribution in [1.82, 2.24) is 4.57 Å². The van der Waals surface area contributed by atoms with Crippen LogP contribution in [0.5, 0.6) is 5.75 Å². The number of carboxylic acids is 1. The lowest BCUT2D eigenvalue weighted by Gasteiger charge is -2.12. The van der Waals surface area contributed by atoms with Gasteiger partial charge in [0.05, 0.1) is 19.0 Å². The molecule has 7 heteroatoms. The maximum Gasteiger partial charge on any atom is 0.371 e. The topological polar surface area (TPSA) is 90.9 Å². The van der Waals surface area contributed by atoms with Crippen LogP contribution >= 0.6 is 0 Å². The zero-order chi connectivity index (χ0) is 25.2. The van der Waals surface area contributed by atoms with E-state index in [1.165, 1.54) is 49.6 Å². The molecule has 2 fully saturated rings. The van der Waals surface area contributed by atoms with E-state index >= 15 is 0 Å². The van der Waals surface area contributed by atoms with Crippen LogP contribution in [-0.2, 0) is 17.7 Å². The second-order valence-corrected chi connectivity index (χ2v) is 9.44. The lowest BCUT2D eigenvalue weighted by Crippen LogP contribution is -2.21. The number of aryl methyl sites for hydroxylation is 1. The van der Waals surface area contributed by atoms with Gasteiger partial charge in [0.15, 0.2) is 0 Å². The average molecular weight is 494 g/mol. The van der Waals surface area contributed by atoms with Gasteiger partial charge in [0.25, 0.3) is 5.56 Å². The summed E-state index contributed by atoms with van der Waals surface area (Å²) in [6.45, 7) is 2.15. The summed E-state index contributed by atoms with van der Waals surface area (Å²) in [6, 6.07) is 15.3. The van der Waals surface area contributed by atoms with Gasteiger partial charge < -0.3 is 23.6 Å². The molecule has 2 aromatic heterocycles. The number of ether oxygens (including phenoxy) is 2. The van der Waals surface area contributed by atoms with E-state index in [9.17, 15) is 9.59 Å². The van der Waals surface area contributed by atoms with Gasteiger partial charge in [-0.1, -0.05) is 25.0 Å². The molecule has 1 aliphatic carbocycles. The van der Waals surface area contributed by atoms with Crippen LogP contribution in [0.2, 0.25) is 0 Å². The number of pyridine rings is 1. The smallest absolute Gasteiger partial charge is 0.371 e. The molecule has 1 saturated heterocycles. The molecule has 1 N–H and O–H groups in total. The Bertz CT molecular complexity index is 1120. The van der Waals surface area contributed by atoms with Gasteiger partial charge >= 0.3 is 5.97 Å². The van der Waals surface area contributed by atoms with Gasteiger partial charge in [-0.25, -0.2) is 4.79 Å². The summed E-state index contributed by atoms with van der Waals surface area (Å²) in [6.07, 6.45) is 12.8. The molecule has 3 aromatic rings. The fourth-order valence-corrected chi connectivity index (χ4v) is 4.85. The first-order chi connectivity index (χ1) is 17.6. The van der Waals surface area contributed by atoms with Crippen LogP contribution in [0.15, 0.2) is 70.2 Å². The quantitative estimate of drug-likeness (QED) is 0.386. The van der Waals surface area contributed by atoms with Gasteiger partial charge in [-0.3, -0.25) is 4.79 Å². The number of aromatic nitrogens is 1. The van der Waals surface area contributed by atoms with Crippen molar-refractivity contribution in [3.8, 4) is 5.75 Å².